The summed E-state index contributed by atoms with van der Waals surface area (Å²) in [5, 5.41) is 9.58. The Morgan fingerprint density at radius 2 is 2.29 bits per heavy atom. The Balaban J connectivity index is 2.33. The first-order valence-electron chi connectivity index (χ1n) is 5.70. The molecule has 0 aliphatic rings. The van der Waals surface area contributed by atoms with Crippen molar-refractivity contribution in [2.45, 2.75) is 32.3 Å². The zero-order chi connectivity index (χ0) is 12.7. The number of hydrogen-bond donors (Lipinski definition) is 1. The molecule has 1 N–H and O–H groups in total. The van der Waals surface area contributed by atoms with Crippen LogP contribution in [0.2, 0.25) is 0 Å². The molecule has 1 aromatic carbocycles. The van der Waals surface area contributed by atoms with Crippen molar-refractivity contribution in [2.24, 2.45) is 0 Å². The molecule has 3 nitrogen and oxygen atoms in total. The van der Waals surface area contributed by atoms with Crippen LogP contribution in [0, 0.1) is 5.82 Å². The van der Waals surface area contributed by atoms with Gasteiger partial charge in [-0.2, -0.15) is 0 Å². The maximum atomic E-state index is 12.9. The number of carbonyl (C=O) groups is 1. The summed E-state index contributed by atoms with van der Waals surface area (Å²) in [6, 6.07) is 6.22. The van der Waals surface area contributed by atoms with Crippen molar-refractivity contribution in [3.05, 3.63) is 35.6 Å². The summed E-state index contributed by atoms with van der Waals surface area (Å²) >= 11 is 0. The van der Waals surface area contributed by atoms with Crippen LogP contribution in [0.1, 0.15) is 25.3 Å². The zero-order valence-electron chi connectivity index (χ0n) is 9.86. The maximum Gasteiger partial charge on any atom is 0.308 e. The van der Waals surface area contributed by atoms with Crippen molar-refractivity contribution in [3.63, 3.8) is 0 Å². The molecule has 0 amide bonds. The molecular weight excluding hydrogens is 223 g/mol. The van der Waals surface area contributed by atoms with Crippen molar-refractivity contribution < 1.29 is 19.0 Å². The lowest BCUT2D eigenvalue weighted by atomic mass is 10.1. The lowest BCUT2D eigenvalue weighted by Gasteiger charge is -2.09. The lowest BCUT2D eigenvalue weighted by Crippen LogP contribution is -2.16. The molecule has 1 aromatic rings. The minimum atomic E-state index is -0.739. The number of aliphatic hydroxyl groups is 1. The molecule has 0 aromatic heterocycles. The molecule has 0 heterocycles. The summed E-state index contributed by atoms with van der Waals surface area (Å²) in [5.74, 6) is -0.693. The van der Waals surface area contributed by atoms with Crippen LogP contribution in [0.25, 0.3) is 0 Å². The lowest BCUT2D eigenvalue weighted by molar-refractivity contribution is -0.145. The highest BCUT2D eigenvalue weighted by molar-refractivity contribution is 5.69. The molecule has 4 heteroatoms. The summed E-state index contributed by atoms with van der Waals surface area (Å²) in [6.45, 7) is 2.03. The third-order valence-corrected chi connectivity index (χ3v) is 2.36. The van der Waals surface area contributed by atoms with Crippen LogP contribution < -0.4 is 0 Å². The van der Waals surface area contributed by atoms with Gasteiger partial charge in [0.15, 0.2) is 0 Å². The number of hydrogen-bond acceptors (Lipinski definition) is 3. The fourth-order valence-electron chi connectivity index (χ4n) is 1.54. The smallest absolute Gasteiger partial charge is 0.308 e. The summed E-state index contributed by atoms with van der Waals surface area (Å²) in [6.07, 6.45) is 0.210. The SMILES string of the molecule is CCOC(=O)CC(O)CCc1cccc(F)c1. The van der Waals surface area contributed by atoms with Gasteiger partial charge in [0.25, 0.3) is 0 Å². The number of ether oxygens (including phenoxy) is 1. The van der Waals surface area contributed by atoms with E-state index in [0.717, 1.165) is 5.56 Å². The van der Waals surface area contributed by atoms with Gasteiger partial charge in [0.05, 0.1) is 19.1 Å². The van der Waals surface area contributed by atoms with E-state index >= 15 is 0 Å². The third kappa shape index (κ3) is 5.45. The number of esters is 1. The van der Waals surface area contributed by atoms with E-state index in [1.54, 1.807) is 19.1 Å². The van der Waals surface area contributed by atoms with Gasteiger partial charge in [-0.25, -0.2) is 4.39 Å². The van der Waals surface area contributed by atoms with Crippen LogP contribution in [-0.2, 0) is 16.0 Å². The maximum absolute atomic E-state index is 12.9. The van der Waals surface area contributed by atoms with Crippen molar-refractivity contribution in [3.8, 4) is 0 Å². The summed E-state index contributed by atoms with van der Waals surface area (Å²) in [4.78, 5) is 11.1. The van der Waals surface area contributed by atoms with Crippen molar-refractivity contribution in [1.29, 1.82) is 0 Å². The molecule has 1 unspecified atom stereocenters. The Morgan fingerprint density at radius 3 is 2.94 bits per heavy atom. The van der Waals surface area contributed by atoms with Crippen LogP contribution in [-0.4, -0.2) is 23.8 Å². The first-order chi connectivity index (χ1) is 8.11. The monoisotopic (exact) mass is 240 g/mol. The fraction of sp³-hybridized carbons (Fsp3) is 0.462. The fourth-order valence-corrected chi connectivity index (χ4v) is 1.54. The molecular formula is C13H17FO3. The van der Waals surface area contributed by atoms with E-state index in [4.69, 9.17) is 4.74 Å². The van der Waals surface area contributed by atoms with Crippen molar-refractivity contribution in [1.82, 2.24) is 0 Å². The Morgan fingerprint density at radius 1 is 1.53 bits per heavy atom. The summed E-state index contributed by atoms with van der Waals surface area (Å²) < 4.78 is 17.6. The second kappa shape index (κ2) is 7.01. The number of aryl methyl sites for hydroxylation is 1. The van der Waals surface area contributed by atoms with E-state index in [9.17, 15) is 14.3 Å². The van der Waals surface area contributed by atoms with E-state index in [2.05, 4.69) is 0 Å². The largest absolute Gasteiger partial charge is 0.466 e. The zero-order valence-corrected chi connectivity index (χ0v) is 9.86. The van der Waals surface area contributed by atoms with Gasteiger partial charge < -0.3 is 9.84 Å². The van der Waals surface area contributed by atoms with Crippen molar-refractivity contribution in [2.75, 3.05) is 6.61 Å². The molecule has 0 bridgehead atoms. The van der Waals surface area contributed by atoms with E-state index in [1.165, 1.54) is 12.1 Å². The van der Waals surface area contributed by atoms with Gasteiger partial charge in [0.1, 0.15) is 5.82 Å². The highest BCUT2D eigenvalue weighted by Crippen LogP contribution is 2.09. The molecule has 0 aliphatic carbocycles. The first-order valence-corrected chi connectivity index (χ1v) is 5.70. The van der Waals surface area contributed by atoms with E-state index in [-0.39, 0.29) is 12.2 Å². The average Bonchev–Trinajstić information content (AvgIpc) is 2.27. The minimum Gasteiger partial charge on any atom is -0.466 e. The Bertz CT molecular complexity index is 365. The molecule has 0 fully saturated rings. The van der Waals surface area contributed by atoms with Gasteiger partial charge >= 0.3 is 5.97 Å². The third-order valence-electron chi connectivity index (χ3n) is 2.36. The molecule has 0 saturated heterocycles. The quantitative estimate of drug-likeness (QED) is 0.774. The highest BCUT2D eigenvalue weighted by Gasteiger charge is 2.11. The number of carbonyl (C=O) groups excluding carboxylic acids is 1. The second-order valence-electron chi connectivity index (χ2n) is 3.83. The number of benzene rings is 1. The van der Waals surface area contributed by atoms with E-state index < -0.39 is 12.1 Å². The van der Waals surface area contributed by atoms with Gasteiger partial charge in [0, 0.05) is 0 Å². The van der Waals surface area contributed by atoms with Gasteiger partial charge in [-0.05, 0) is 37.5 Å². The second-order valence-corrected chi connectivity index (χ2v) is 3.83. The first kappa shape index (κ1) is 13.6. The van der Waals surface area contributed by atoms with Crippen LogP contribution in [0.4, 0.5) is 4.39 Å². The normalized spacial score (nSPS) is 12.2. The molecule has 1 atom stereocenters. The van der Waals surface area contributed by atoms with E-state index in [0.29, 0.717) is 19.4 Å². The molecule has 17 heavy (non-hydrogen) atoms. The Hall–Kier alpha value is -1.42. The van der Waals surface area contributed by atoms with Crippen LogP contribution in [0.5, 0.6) is 0 Å². The molecule has 0 saturated carbocycles. The van der Waals surface area contributed by atoms with Gasteiger partial charge in [0.2, 0.25) is 0 Å². The van der Waals surface area contributed by atoms with Crippen LogP contribution in [0.15, 0.2) is 24.3 Å². The van der Waals surface area contributed by atoms with Gasteiger partial charge in [-0.3, -0.25) is 4.79 Å². The summed E-state index contributed by atoms with van der Waals surface area (Å²) in [5.41, 5.74) is 0.813. The number of halogens is 1. The highest BCUT2D eigenvalue weighted by atomic mass is 19.1. The predicted octanol–water partition coefficient (Wildman–Crippen LogP) is 2.07. The van der Waals surface area contributed by atoms with E-state index in [1.807, 2.05) is 0 Å². The number of rotatable bonds is 6. The molecule has 0 spiro atoms. The topological polar surface area (TPSA) is 46.5 Å². The van der Waals surface area contributed by atoms with Crippen molar-refractivity contribution >= 4 is 5.97 Å². The summed E-state index contributed by atoms with van der Waals surface area (Å²) in [7, 11) is 0. The predicted molar refractivity (Wildman–Crippen MR) is 62.0 cm³/mol. The molecule has 0 radical (unpaired) electrons. The average molecular weight is 240 g/mol. The van der Waals surface area contributed by atoms with Crippen LogP contribution in [0.3, 0.4) is 0 Å². The number of aliphatic hydroxyl groups excluding tert-OH is 1. The Labute approximate surface area is 100 Å². The standard InChI is InChI=1S/C13H17FO3/c1-2-17-13(16)9-12(15)7-6-10-4-3-5-11(14)8-10/h3-5,8,12,15H,2,6-7,9H2,1H3. The molecule has 0 aliphatic heterocycles. The molecule has 94 valence electrons. The molecule has 1 rings (SSSR count). The van der Waals surface area contributed by atoms with Gasteiger partial charge in [-0.1, -0.05) is 12.1 Å². The van der Waals surface area contributed by atoms with Crippen LogP contribution >= 0.6 is 0 Å². The minimum absolute atomic E-state index is 0.0108. The van der Waals surface area contributed by atoms with Gasteiger partial charge in [-0.15, -0.1) is 0 Å². The Kier molecular flexibility index (Phi) is 5.63.